The lowest BCUT2D eigenvalue weighted by molar-refractivity contribution is -0.141. The van der Waals surface area contributed by atoms with Crippen LogP contribution in [0.2, 0.25) is 0 Å². The fourth-order valence-electron chi connectivity index (χ4n) is 2.54. The first-order chi connectivity index (χ1) is 10.1. The van der Waals surface area contributed by atoms with E-state index < -0.39 is 12.0 Å². The Balaban J connectivity index is 1.73. The number of carboxylic acids is 1. The van der Waals surface area contributed by atoms with Gasteiger partial charge >= 0.3 is 5.97 Å². The van der Waals surface area contributed by atoms with E-state index in [0.29, 0.717) is 31.7 Å². The Morgan fingerprint density at radius 3 is 3.00 bits per heavy atom. The molecule has 0 bridgehead atoms. The summed E-state index contributed by atoms with van der Waals surface area (Å²) in [7, 11) is 0. The molecule has 0 radical (unpaired) electrons. The normalized spacial score (nSPS) is 18.1. The van der Waals surface area contributed by atoms with Gasteiger partial charge in [0.1, 0.15) is 11.8 Å². The van der Waals surface area contributed by atoms with E-state index in [1.165, 1.54) is 4.90 Å². The molecular weight excluding hydrogens is 274 g/mol. The minimum absolute atomic E-state index is 0.172. The Kier molecular flexibility index (Phi) is 3.47. The third kappa shape index (κ3) is 2.67. The van der Waals surface area contributed by atoms with Gasteiger partial charge in [0.2, 0.25) is 0 Å². The summed E-state index contributed by atoms with van der Waals surface area (Å²) in [5.74, 6) is -0.561. The van der Waals surface area contributed by atoms with Gasteiger partial charge in [-0.15, -0.1) is 0 Å². The zero-order valence-electron chi connectivity index (χ0n) is 11.3. The van der Waals surface area contributed by atoms with Gasteiger partial charge in [0.15, 0.2) is 5.76 Å². The molecule has 2 aromatic rings. The van der Waals surface area contributed by atoms with Crippen LogP contribution in [0.5, 0.6) is 0 Å². The molecule has 0 aromatic carbocycles. The first-order valence-corrected chi connectivity index (χ1v) is 6.75. The molecule has 3 rings (SSSR count). The molecule has 0 spiro atoms. The van der Waals surface area contributed by atoms with Gasteiger partial charge in [-0.1, -0.05) is 0 Å². The molecule has 1 aliphatic heterocycles. The van der Waals surface area contributed by atoms with Crippen molar-refractivity contribution in [1.29, 1.82) is 0 Å². The minimum atomic E-state index is -0.968. The highest BCUT2D eigenvalue weighted by Crippen LogP contribution is 2.21. The molecule has 1 N–H and O–H groups in total. The molecule has 7 heteroatoms. The second-order valence-corrected chi connectivity index (χ2v) is 4.96. The van der Waals surface area contributed by atoms with Crippen LogP contribution >= 0.6 is 0 Å². The number of hydrogen-bond acceptors (Lipinski definition) is 4. The van der Waals surface area contributed by atoms with Crippen LogP contribution in [-0.4, -0.2) is 44.3 Å². The first kappa shape index (κ1) is 13.4. The maximum absolute atomic E-state index is 12.3. The number of amides is 1. The quantitative estimate of drug-likeness (QED) is 0.914. The topological polar surface area (TPSA) is 88.6 Å². The molecule has 0 saturated carbocycles. The number of hydrogen-bond donors (Lipinski definition) is 1. The second-order valence-electron chi connectivity index (χ2n) is 4.96. The van der Waals surface area contributed by atoms with Crippen molar-refractivity contribution in [3.8, 4) is 0 Å². The Hall–Kier alpha value is -2.57. The molecule has 0 aliphatic carbocycles. The highest BCUT2D eigenvalue weighted by atomic mass is 16.4. The second kappa shape index (κ2) is 5.43. The Bertz CT molecular complexity index is 647. The summed E-state index contributed by atoms with van der Waals surface area (Å²) in [4.78, 5) is 24.8. The van der Waals surface area contributed by atoms with Gasteiger partial charge in [-0.2, -0.15) is 5.10 Å². The van der Waals surface area contributed by atoms with Crippen LogP contribution in [0, 0.1) is 0 Å². The zero-order valence-corrected chi connectivity index (χ0v) is 11.3. The number of carbonyl (C=O) groups is 2. The summed E-state index contributed by atoms with van der Waals surface area (Å²) in [5.41, 5.74) is 0. The van der Waals surface area contributed by atoms with Crippen molar-refractivity contribution >= 4 is 11.9 Å². The van der Waals surface area contributed by atoms with E-state index in [0.717, 1.165) is 0 Å². The van der Waals surface area contributed by atoms with Crippen LogP contribution < -0.4 is 0 Å². The van der Waals surface area contributed by atoms with E-state index in [2.05, 4.69) is 5.10 Å². The standard InChI is InChI=1S/C14H15N3O4/c18-13(17-8-1-3-11(17)14(19)20)12-5-4-10(21-12)9-16-7-2-6-15-16/h2,4-7,11H,1,3,8-9H2,(H,19,20). The number of rotatable bonds is 4. The van der Waals surface area contributed by atoms with Crippen molar-refractivity contribution in [3.63, 3.8) is 0 Å². The maximum Gasteiger partial charge on any atom is 0.326 e. The molecule has 1 unspecified atom stereocenters. The lowest BCUT2D eigenvalue weighted by atomic mass is 10.2. The predicted octanol–water partition coefficient (Wildman–Crippen LogP) is 1.21. The summed E-state index contributed by atoms with van der Waals surface area (Å²) in [6.07, 6.45) is 4.65. The average molecular weight is 289 g/mol. The number of carbonyl (C=O) groups excluding carboxylic acids is 1. The number of aromatic nitrogens is 2. The summed E-state index contributed by atoms with van der Waals surface area (Å²) < 4.78 is 7.20. The van der Waals surface area contributed by atoms with Gasteiger partial charge in [-0.25, -0.2) is 4.79 Å². The lowest BCUT2D eigenvalue weighted by Crippen LogP contribution is -2.40. The summed E-state index contributed by atoms with van der Waals surface area (Å²) in [5, 5.41) is 13.2. The van der Waals surface area contributed by atoms with E-state index >= 15 is 0 Å². The lowest BCUT2D eigenvalue weighted by Gasteiger charge is -2.19. The molecule has 1 saturated heterocycles. The average Bonchev–Trinajstić information content (AvgIpc) is 3.19. The molecule has 110 valence electrons. The van der Waals surface area contributed by atoms with Crippen LogP contribution in [-0.2, 0) is 11.3 Å². The monoisotopic (exact) mass is 289 g/mol. The summed E-state index contributed by atoms with van der Waals surface area (Å²) >= 11 is 0. The van der Waals surface area contributed by atoms with Crippen LogP contribution in [0.15, 0.2) is 35.0 Å². The molecule has 3 heterocycles. The van der Waals surface area contributed by atoms with Crippen LogP contribution in [0.25, 0.3) is 0 Å². The number of furan rings is 1. The van der Waals surface area contributed by atoms with Crippen molar-refractivity contribution < 1.29 is 19.1 Å². The third-order valence-electron chi connectivity index (χ3n) is 3.55. The van der Waals surface area contributed by atoms with Gasteiger partial charge < -0.3 is 14.4 Å². The van der Waals surface area contributed by atoms with Crippen LogP contribution in [0.4, 0.5) is 0 Å². The van der Waals surface area contributed by atoms with Crippen molar-refractivity contribution in [2.24, 2.45) is 0 Å². The fourth-order valence-corrected chi connectivity index (χ4v) is 2.54. The zero-order chi connectivity index (χ0) is 14.8. The number of nitrogens with zero attached hydrogens (tertiary/aromatic N) is 3. The molecule has 1 amide bonds. The summed E-state index contributed by atoms with van der Waals surface area (Å²) in [6, 6.07) is 4.34. The highest BCUT2D eigenvalue weighted by molar-refractivity contribution is 5.94. The predicted molar refractivity (Wildman–Crippen MR) is 71.7 cm³/mol. The van der Waals surface area contributed by atoms with E-state index in [4.69, 9.17) is 9.52 Å². The largest absolute Gasteiger partial charge is 0.480 e. The van der Waals surface area contributed by atoms with Crippen LogP contribution in [0.3, 0.4) is 0 Å². The summed E-state index contributed by atoms with van der Waals surface area (Å²) in [6.45, 7) is 0.883. The van der Waals surface area contributed by atoms with Crippen molar-refractivity contribution in [3.05, 3.63) is 42.1 Å². The third-order valence-corrected chi connectivity index (χ3v) is 3.55. The molecule has 7 nitrogen and oxygen atoms in total. The van der Waals surface area contributed by atoms with E-state index in [1.54, 1.807) is 35.3 Å². The molecule has 21 heavy (non-hydrogen) atoms. The maximum atomic E-state index is 12.3. The van der Waals surface area contributed by atoms with E-state index in [1.807, 2.05) is 0 Å². The number of carboxylic acid groups (broad SMARTS) is 1. The van der Waals surface area contributed by atoms with E-state index in [9.17, 15) is 9.59 Å². The Labute approximate surface area is 120 Å². The van der Waals surface area contributed by atoms with Gasteiger partial charge in [0, 0.05) is 18.9 Å². The Morgan fingerprint density at radius 1 is 1.43 bits per heavy atom. The molecule has 1 atom stereocenters. The van der Waals surface area contributed by atoms with Gasteiger partial charge in [-0.3, -0.25) is 9.48 Å². The van der Waals surface area contributed by atoms with Crippen molar-refractivity contribution in [2.45, 2.75) is 25.4 Å². The van der Waals surface area contributed by atoms with Gasteiger partial charge in [0.05, 0.1) is 6.54 Å². The molecular formula is C14H15N3O4. The number of aliphatic carboxylic acids is 1. The Morgan fingerprint density at radius 2 is 2.29 bits per heavy atom. The molecule has 2 aromatic heterocycles. The van der Waals surface area contributed by atoms with E-state index in [-0.39, 0.29) is 11.7 Å². The smallest absolute Gasteiger partial charge is 0.326 e. The van der Waals surface area contributed by atoms with Gasteiger partial charge in [0.25, 0.3) is 5.91 Å². The fraction of sp³-hybridized carbons (Fsp3) is 0.357. The van der Waals surface area contributed by atoms with Crippen molar-refractivity contribution in [1.82, 2.24) is 14.7 Å². The SMILES string of the molecule is O=C(O)C1CCCN1C(=O)c1ccc(Cn2cccn2)o1. The first-order valence-electron chi connectivity index (χ1n) is 6.75. The van der Waals surface area contributed by atoms with Crippen molar-refractivity contribution in [2.75, 3.05) is 6.54 Å². The molecule has 1 fully saturated rings. The van der Waals surface area contributed by atoms with Crippen LogP contribution in [0.1, 0.15) is 29.2 Å². The number of likely N-dealkylation sites (tertiary alicyclic amines) is 1. The van der Waals surface area contributed by atoms with Gasteiger partial charge in [-0.05, 0) is 31.0 Å². The molecule has 1 aliphatic rings. The highest BCUT2D eigenvalue weighted by Gasteiger charge is 2.35. The minimum Gasteiger partial charge on any atom is -0.480 e.